The van der Waals surface area contributed by atoms with Crippen molar-refractivity contribution in [3.05, 3.63) is 60.2 Å². The molecule has 2 atom stereocenters. The third-order valence-corrected chi connectivity index (χ3v) is 2.57. The van der Waals surface area contributed by atoms with Gasteiger partial charge in [-0.05, 0) is 36.8 Å². The fourth-order valence-corrected chi connectivity index (χ4v) is 1.72. The van der Waals surface area contributed by atoms with Gasteiger partial charge in [0.1, 0.15) is 17.7 Å². The summed E-state index contributed by atoms with van der Waals surface area (Å²) in [6.45, 7) is 1.85. The van der Waals surface area contributed by atoms with Gasteiger partial charge in [-0.3, -0.25) is 4.98 Å². The summed E-state index contributed by atoms with van der Waals surface area (Å²) in [6.07, 6.45) is 3.04. The molecule has 18 heavy (non-hydrogen) atoms. The number of rotatable bonds is 4. The molecule has 0 fully saturated rings. The first-order chi connectivity index (χ1) is 8.66. The largest absolute Gasteiger partial charge is 0.484 e. The minimum Gasteiger partial charge on any atom is -0.484 e. The average Bonchev–Trinajstić information content (AvgIpc) is 2.37. The van der Waals surface area contributed by atoms with Crippen molar-refractivity contribution < 1.29 is 9.13 Å². The van der Waals surface area contributed by atoms with E-state index in [9.17, 15) is 4.39 Å². The van der Waals surface area contributed by atoms with Gasteiger partial charge in [-0.1, -0.05) is 6.07 Å². The summed E-state index contributed by atoms with van der Waals surface area (Å²) in [5.74, 6) is 0.139. The zero-order valence-electron chi connectivity index (χ0n) is 10.1. The van der Waals surface area contributed by atoms with Crippen LogP contribution in [-0.4, -0.2) is 11.0 Å². The van der Waals surface area contributed by atoms with Crippen molar-refractivity contribution in [2.24, 2.45) is 5.73 Å². The number of hydrogen-bond donors (Lipinski definition) is 1. The predicted octanol–water partition coefficient (Wildman–Crippen LogP) is 2.69. The van der Waals surface area contributed by atoms with Crippen molar-refractivity contribution in [1.82, 2.24) is 4.98 Å². The first-order valence-electron chi connectivity index (χ1n) is 5.74. The van der Waals surface area contributed by atoms with Gasteiger partial charge in [0.15, 0.2) is 0 Å². The number of pyridine rings is 1. The van der Waals surface area contributed by atoms with Crippen LogP contribution in [0.2, 0.25) is 0 Å². The van der Waals surface area contributed by atoms with Crippen LogP contribution < -0.4 is 10.5 Å². The molecule has 1 aromatic carbocycles. The fraction of sp³-hybridized carbons (Fsp3) is 0.214. The highest BCUT2D eigenvalue weighted by molar-refractivity contribution is 5.25. The molecule has 1 aromatic heterocycles. The van der Waals surface area contributed by atoms with E-state index >= 15 is 0 Å². The van der Waals surface area contributed by atoms with Gasteiger partial charge in [0.2, 0.25) is 0 Å². The normalized spacial score (nSPS) is 13.9. The molecule has 2 unspecified atom stereocenters. The second kappa shape index (κ2) is 5.60. The Hall–Kier alpha value is -1.94. The third kappa shape index (κ3) is 3.05. The minimum absolute atomic E-state index is 0.212. The molecule has 0 bridgehead atoms. The summed E-state index contributed by atoms with van der Waals surface area (Å²) >= 11 is 0. The van der Waals surface area contributed by atoms with Crippen LogP contribution in [0.3, 0.4) is 0 Å². The minimum atomic E-state index is -0.328. The van der Waals surface area contributed by atoms with Crippen molar-refractivity contribution in [2.75, 3.05) is 0 Å². The molecular formula is C14H15FN2O. The van der Waals surface area contributed by atoms with Gasteiger partial charge in [0.25, 0.3) is 0 Å². The molecule has 0 radical (unpaired) electrons. The van der Waals surface area contributed by atoms with Crippen LogP contribution in [-0.2, 0) is 0 Å². The molecule has 0 saturated carbocycles. The first-order valence-corrected chi connectivity index (χ1v) is 5.74. The fourth-order valence-electron chi connectivity index (χ4n) is 1.72. The molecule has 2 N–H and O–H groups in total. The molecule has 0 spiro atoms. The monoisotopic (exact) mass is 246 g/mol. The zero-order valence-corrected chi connectivity index (χ0v) is 10.1. The second-order valence-electron chi connectivity index (χ2n) is 4.14. The smallest absolute Gasteiger partial charge is 0.139 e. The lowest BCUT2D eigenvalue weighted by Crippen LogP contribution is -2.29. The lowest BCUT2D eigenvalue weighted by molar-refractivity contribution is 0.179. The van der Waals surface area contributed by atoms with E-state index in [1.807, 2.05) is 19.1 Å². The lowest BCUT2D eigenvalue weighted by Gasteiger charge is -2.22. The van der Waals surface area contributed by atoms with E-state index in [1.54, 1.807) is 24.5 Å². The maximum atomic E-state index is 13.1. The van der Waals surface area contributed by atoms with E-state index < -0.39 is 0 Å². The Morgan fingerprint density at radius 3 is 2.56 bits per heavy atom. The molecule has 94 valence electrons. The Labute approximate surface area is 105 Å². The molecule has 2 aromatic rings. The zero-order chi connectivity index (χ0) is 13.0. The molecule has 3 nitrogen and oxygen atoms in total. The number of benzene rings is 1. The van der Waals surface area contributed by atoms with Crippen molar-refractivity contribution >= 4 is 0 Å². The van der Waals surface area contributed by atoms with Crippen molar-refractivity contribution in [3.63, 3.8) is 0 Å². The van der Waals surface area contributed by atoms with Gasteiger partial charge in [-0.2, -0.15) is 0 Å². The molecule has 0 saturated heterocycles. The highest BCUT2D eigenvalue weighted by atomic mass is 19.1. The van der Waals surface area contributed by atoms with E-state index in [-0.39, 0.29) is 18.0 Å². The predicted molar refractivity (Wildman–Crippen MR) is 67.7 cm³/mol. The van der Waals surface area contributed by atoms with E-state index in [4.69, 9.17) is 10.5 Å². The first kappa shape index (κ1) is 12.5. The van der Waals surface area contributed by atoms with Crippen molar-refractivity contribution in [3.8, 4) is 5.75 Å². The summed E-state index contributed by atoms with van der Waals surface area (Å²) in [7, 11) is 0. The standard InChI is InChI=1S/C14H15FN2O/c1-10(16)14(11-5-7-17-8-6-11)18-13-4-2-3-12(15)9-13/h2-10,14H,16H2,1H3. The Morgan fingerprint density at radius 1 is 1.22 bits per heavy atom. The molecule has 2 rings (SSSR count). The molecule has 0 aliphatic carbocycles. The van der Waals surface area contributed by atoms with Crippen LogP contribution in [0.15, 0.2) is 48.8 Å². The van der Waals surface area contributed by atoms with Gasteiger partial charge in [0.05, 0.1) is 0 Å². The Bertz CT molecular complexity index is 502. The van der Waals surface area contributed by atoms with E-state index in [2.05, 4.69) is 4.98 Å². The summed E-state index contributed by atoms with van der Waals surface area (Å²) in [6, 6.07) is 9.50. The molecule has 4 heteroatoms. The van der Waals surface area contributed by atoms with Crippen molar-refractivity contribution in [2.45, 2.75) is 19.1 Å². The van der Waals surface area contributed by atoms with Crippen LogP contribution in [0.4, 0.5) is 4.39 Å². The SMILES string of the molecule is CC(N)C(Oc1cccc(F)c1)c1ccncc1. The summed E-state index contributed by atoms with van der Waals surface area (Å²) in [5, 5.41) is 0. The van der Waals surface area contributed by atoms with E-state index in [0.717, 1.165) is 5.56 Å². The van der Waals surface area contributed by atoms with Crippen LogP contribution in [0.5, 0.6) is 5.75 Å². The van der Waals surface area contributed by atoms with Crippen LogP contribution in [0.1, 0.15) is 18.6 Å². The van der Waals surface area contributed by atoms with Crippen LogP contribution in [0.25, 0.3) is 0 Å². The number of hydrogen-bond acceptors (Lipinski definition) is 3. The molecule has 1 heterocycles. The number of halogens is 1. The number of nitrogens with two attached hydrogens (primary N) is 1. The average molecular weight is 246 g/mol. The number of aromatic nitrogens is 1. The maximum absolute atomic E-state index is 13.1. The van der Waals surface area contributed by atoms with Crippen LogP contribution >= 0.6 is 0 Å². The summed E-state index contributed by atoms with van der Waals surface area (Å²) in [5.41, 5.74) is 6.84. The highest BCUT2D eigenvalue weighted by Gasteiger charge is 2.18. The number of ether oxygens (including phenoxy) is 1. The molecule has 0 amide bonds. The summed E-state index contributed by atoms with van der Waals surface area (Å²) in [4.78, 5) is 3.95. The maximum Gasteiger partial charge on any atom is 0.139 e. The van der Waals surface area contributed by atoms with E-state index in [1.165, 1.54) is 12.1 Å². The topological polar surface area (TPSA) is 48.1 Å². The van der Waals surface area contributed by atoms with Gasteiger partial charge in [-0.15, -0.1) is 0 Å². The quantitative estimate of drug-likeness (QED) is 0.902. The highest BCUT2D eigenvalue weighted by Crippen LogP contribution is 2.24. The van der Waals surface area contributed by atoms with Gasteiger partial charge in [0, 0.05) is 24.5 Å². The Kier molecular flexibility index (Phi) is 3.89. The summed E-state index contributed by atoms with van der Waals surface area (Å²) < 4.78 is 18.8. The van der Waals surface area contributed by atoms with Gasteiger partial charge < -0.3 is 10.5 Å². The Balaban J connectivity index is 2.22. The third-order valence-electron chi connectivity index (χ3n) is 2.57. The van der Waals surface area contributed by atoms with Gasteiger partial charge in [-0.25, -0.2) is 4.39 Å². The molecule has 0 aliphatic heterocycles. The number of nitrogens with zero attached hydrogens (tertiary/aromatic N) is 1. The van der Waals surface area contributed by atoms with Crippen molar-refractivity contribution in [1.29, 1.82) is 0 Å². The lowest BCUT2D eigenvalue weighted by atomic mass is 10.1. The van der Waals surface area contributed by atoms with Gasteiger partial charge >= 0.3 is 0 Å². The van der Waals surface area contributed by atoms with E-state index in [0.29, 0.717) is 5.75 Å². The Morgan fingerprint density at radius 2 is 1.94 bits per heavy atom. The van der Waals surface area contributed by atoms with Crippen LogP contribution in [0, 0.1) is 5.82 Å². The molecule has 0 aliphatic rings. The molecular weight excluding hydrogens is 231 g/mol. The second-order valence-corrected chi connectivity index (χ2v) is 4.14.